The summed E-state index contributed by atoms with van der Waals surface area (Å²) in [5, 5.41) is 12.0. The van der Waals surface area contributed by atoms with E-state index in [1.165, 1.54) is 0 Å². The maximum Gasteiger partial charge on any atom is 0.237 e. The number of amides is 1. The highest BCUT2D eigenvalue weighted by atomic mass is 16.3. The van der Waals surface area contributed by atoms with Crippen molar-refractivity contribution in [2.24, 2.45) is 5.73 Å². The lowest BCUT2D eigenvalue weighted by atomic mass is 10.1. The van der Waals surface area contributed by atoms with Crippen molar-refractivity contribution >= 4 is 5.91 Å². The van der Waals surface area contributed by atoms with E-state index in [9.17, 15) is 4.79 Å². The number of phenols is 1. The average Bonchev–Trinajstić information content (AvgIpc) is 2.32. The van der Waals surface area contributed by atoms with Gasteiger partial charge in [-0.1, -0.05) is 18.2 Å². The quantitative estimate of drug-likeness (QED) is 0.665. The van der Waals surface area contributed by atoms with Gasteiger partial charge in [0.15, 0.2) is 0 Å². The predicted molar refractivity (Wildman–Crippen MR) is 72.2 cm³/mol. The van der Waals surface area contributed by atoms with Crippen LogP contribution in [0.5, 0.6) is 5.75 Å². The zero-order valence-electron chi connectivity index (χ0n) is 10.6. The maximum absolute atomic E-state index is 11.8. The van der Waals surface area contributed by atoms with Gasteiger partial charge < -0.3 is 16.2 Å². The van der Waals surface area contributed by atoms with Crippen LogP contribution in [0, 0.1) is 0 Å². The lowest BCUT2D eigenvalue weighted by Crippen LogP contribution is -2.45. The van der Waals surface area contributed by atoms with Crippen LogP contribution in [0.25, 0.3) is 0 Å². The Morgan fingerprint density at radius 2 is 2.11 bits per heavy atom. The summed E-state index contributed by atoms with van der Waals surface area (Å²) in [5.41, 5.74) is 6.75. The Kier molecular flexibility index (Phi) is 5.39. The number of rotatable bonds is 6. The molecule has 1 rings (SSSR count). The lowest BCUT2D eigenvalue weighted by molar-refractivity contribution is -0.122. The third-order valence-electron chi connectivity index (χ3n) is 2.64. The maximum atomic E-state index is 11.8. The van der Waals surface area contributed by atoms with E-state index in [4.69, 9.17) is 10.8 Å². The molecule has 0 aliphatic heterocycles. The molecular weight excluding hydrogens is 228 g/mol. The second-order valence-corrected chi connectivity index (χ2v) is 4.41. The molecule has 0 radical (unpaired) electrons. The second kappa shape index (κ2) is 6.81. The smallest absolute Gasteiger partial charge is 0.237 e. The minimum Gasteiger partial charge on any atom is -0.508 e. The van der Waals surface area contributed by atoms with Crippen LogP contribution < -0.4 is 11.1 Å². The molecule has 1 amide bonds. The van der Waals surface area contributed by atoms with Gasteiger partial charge in [-0.2, -0.15) is 0 Å². The van der Waals surface area contributed by atoms with Gasteiger partial charge in [-0.05, 0) is 37.5 Å². The lowest BCUT2D eigenvalue weighted by Gasteiger charge is -2.16. The molecule has 0 heterocycles. The highest BCUT2D eigenvalue weighted by Crippen LogP contribution is 2.10. The summed E-state index contributed by atoms with van der Waals surface area (Å²) < 4.78 is 0. The first-order valence-electron chi connectivity index (χ1n) is 5.97. The Morgan fingerprint density at radius 1 is 1.50 bits per heavy atom. The highest BCUT2D eigenvalue weighted by molar-refractivity contribution is 5.82. The van der Waals surface area contributed by atoms with Crippen molar-refractivity contribution in [1.29, 1.82) is 0 Å². The Labute approximate surface area is 108 Å². The van der Waals surface area contributed by atoms with Gasteiger partial charge in [0.05, 0.1) is 6.04 Å². The van der Waals surface area contributed by atoms with Gasteiger partial charge >= 0.3 is 0 Å². The minimum absolute atomic E-state index is 0.0425. The van der Waals surface area contributed by atoms with E-state index in [1.54, 1.807) is 30.3 Å². The van der Waals surface area contributed by atoms with E-state index in [0.29, 0.717) is 6.42 Å². The summed E-state index contributed by atoms with van der Waals surface area (Å²) in [6.45, 7) is 5.53. The van der Waals surface area contributed by atoms with Gasteiger partial charge in [0.1, 0.15) is 5.75 Å². The largest absolute Gasteiger partial charge is 0.508 e. The first-order valence-corrected chi connectivity index (χ1v) is 5.97. The number of phenolic OH excluding ortho intramolecular Hbond substituents is 1. The van der Waals surface area contributed by atoms with Crippen molar-refractivity contribution in [1.82, 2.24) is 5.32 Å². The molecule has 0 bridgehead atoms. The SMILES string of the molecule is C=CCC(C)NC(=O)C(N)Cc1ccc(O)cc1. The Morgan fingerprint density at radius 3 is 2.67 bits per heavy atom. The number of carbonyl (C=O) groups excluding carboxylic acids is 1. The summed E-state index contributed by atoms with van der Waals surface area (Å²) in [5.74, 6) is 0.0359. The standard InChI is InChI=1S/C14H20N2O2/c1-3-4-10(2)16-14(18)13(15)9-11-5-7-12(17)8-6-11/h3,5-8,10,13,17H,1,4,9,15H2,2H3,(H,16,18). The normalized spacial score (nSPS) is 13.7. The van der Waals surface area contributed by atoms with E-state index in [-0.39, 0.29) is 17.7 Å². The van der Waals surface area contributed by atoms with Crippen LogP contribution >= 0.6 is 0 Å². The fourth-order valence-corrected chi connectivity index (χ4v) is 1.64. The van der Waals surface area contributed by atoms with Gasteiger partial charge in [-0.25, -0.2) is 0 Å². The zero-order chi connectivity index (χ0) is 13.5. The molecule has 0 spiro atoms. The van der Waals surface area contributed by atoms with Gasteiger partial charge in [0.2, 0.25) is 5.91 Å². The summed E-state index contributed by atoms with van der Waals surface area (Å²) in [7, 11) is 0. The molecule has 4 heteroatoms. The number of aromatic hydroxyl groups is 1. The van der Waals surface area contributed by atoms with Gasteiger partial charge in [0.25, 0.3) is 0 Å². The topological polar surface area (TPSA) is 75.4 Å². The average molecular weight is 248 g/mol. The van der Waals surface area contributed by atoms with E-state index < -0.39 is 6.04 Å². The van der Waals surface area contributed by atoms with Crippen molar-refractivity contribution in [3.8, 4) is 5.75 Å². The van der Waals surface area contributed by atoms with E-state index in [2.05, 4.69) is 11.9 Å². The third-order valence-corrected chi connectivity index (χ3v) is 2.64. The first-order chi connectivity index (χ1) is 8.52. The van der Waals surface area contributed by atoms with Gasteiger partial charge in [-0.3, -0.25) is 4.79 Å². The Hall–Kier alpha value is -1.81. The highest BCUT2D eigenvalue weighted by Gasteiger charge is 2.15. The van der Waals surface area contributed by atoms with Gasteiger partial charge in [0, 0.05) is 6.04 Å². The fourth-order valence-electron chi connectivity index (χ4n) is 1.64. The van der Waals surface area contributed by atoms with Crippen LogP contribution in [-0.4, -0.2) is 23.1 Å². The second-order valence-electron chi connectivity index (χ2n) is 4.41. The van der Waals surface area contributed by atoms with Crippen LogP contribution in [0.15, 0.2) is 36.9 Å². The molecule has 2 unspecified atom stereocenters. The van der Waals surface area contributed by atoms with Crippen LogP contribution in [0.1, 0.15) is 18.9 Å². The molecule has 2 atom stereocenters. The van der Waals surface area contributed by atoms with Crippen LogP contribution in [0.2, 0.25) is 0 Å². The monoisotopic (exact) mass is 248 g/mol. The molecular formula is C14H20N2O2. The third kappa shape index (κ3) is 4.59. The molecule has 0 fully saturated rings. The van der Waals surface area contributed by atoms with Crippen LogP contribution in [0.4, 0.5) is 0 Å². The molecule has 18 heavy (non-hydrogen) atoms. The summed E-state index contributed by atoms with van der Waals surface area (Å²) in [4.78, 5) is 11.8. The number of hydrogen-bond donors (Lipinski definition) is 3. The number of carbonyl (C=O) groups is 1. The summed E-state index contributed by atoms with van der Waals surface area (Å²) in [6, 6.07) is 6.15. The van der Waals surface area contributed by atoms with E-state index in [0.717, 1.165) is 12.0 Å². The first kappa shape index (κ1) is 14.3. The molecule has 0 aliphatic rings. The van der Waals surface area contributed by atoms with Crippen molar-refractivity contribution < 1.29 is 9.90 Å². The molecule has 1 aromatic carbocycles. The van der Waals surface area contributed by atoms with Crippen molar-refractivity contribution in [3.63, 3.8) is 0 Å². The molecule has 0 saturated carbocycles. The Balaban J connectivity index is 2.49. The summed E-state index contributed by atoms with van der Waals surface area (Å²) >= 11 is 0. The molecule has 4 nitrogen and oxygen atoms in total. The van der Waals surface area contributed by atoms with E-state index in [1.807, 2.05) is 6.92 Å². The number of nitrogens with two attached hydrogens (primary N) is 1. The summed E-state index contributed by atoms with van der Waals surface area (Å²) in [6.07, 6.45) is 2.93. The molecule has 98 valence electrons. The molecule has 0 aliphatic carbocycles. The number of benzene rings is 1. The van der Waals surface area contributed by atoms with Crippen molar-refractivity contribution in [3.05, 3.63) is 42.5 Å². The van der Waals surface area contributed by atoms with E-state index >= 15 is 0 Å². The van der Waals surface area contributed by atoms with Gasteiger partial charge in [-0.15, -0.1) is 6.58 Å². The van der Waals surface area contributed by atoms with Crippen LogP contribution in [-0.2, 0) is 11.2 Å². The molecule has 1 aromatic rings. The van der Waals surface area contributed by atoms with Crippen molar-refractivity contribution in [2.45, 2.75) is 31.8 Å². The molecule has 0 saturated heterocycles. The number of hydrogen-bond acceptors (Lipinski definition) is 3. The zero-order valence-corrected chi connectivity index (χ0v) is 10.6. The Bertz CT molecular complexity index is 401. The molecule has 4 N–H and O–H groups in total. The van der Waals surface area contributed by atoms with Crippen molar-refractivity contribution in [2.75, 3.05) is 0 Å². The fraction of sp³-hybridized carbons (Fsp3) is 0.357. The molecule has 0 aromatic heterocycles. The van der Waals surface area contributed by atoms with Crippen LogP contribution in [0.3, 0.4) is 0 Å². The predicted octanol–water partition coefficient (Wildman–Crippen LogP) is 1.34. The number of nitrogens with one attached hydrogen (secondary N) is 1. The minimum atomic E-state index is -0.582.